The lowest BCUT2D eigenvalue weighted by atomic mass is 10.0. The SMILES string of the molecule is c1cc(-c2nc(-n3c4ccc5sc6ccc7c8ccccc8n8c9cccc3c9c4c5c6c78)nc3c2oc2ccccc23)cc(-n2c3ccccc3c3ccccc32)c1. The van der Waals surface area contributed by atoms with Crippen LogP contribution in [0.15, 0.2) is 168 Å². The van der Waals surface area contributed by atoms with Gasteiger partial charge >= 0.3 is 0 Å². The average Bonchev–Trinajstić information content (AvgIpc) is 4.08. The van der Waals surface area contributed by atoms with E-state index >= 15 is 0 Å². The van der Waals surface area contributed by atoms with Gasteiger partial charge in [0.15, 0.2) is 5.58 Å². The maximum atomic E-state index is 6.70. The van der Waals surface area contributed by atoms with Gasteiger partial charge in [-0.2, -0.15) is 0 Å². The lowest BCUT2D eigenvalue weighted by molar-refractivity contribution is 0.666. The second kappa shape index (κ2) is 10.6. The summed E-state index contributed by atoms with van der Waals surface area (Å²) in [5, 5.41) is 11.1. The predicted molar refractivity (Wildman–Crippen MR) is 245 cm³/mol. The minimum Gasteiger partial charge on any atom is -0.452 e. The highest BCUT2D eigenvalue weighted by atomic mass is 32.1. The predicted octanol–water partition coefficient (Wildman–Crippen LogP) is 14.0. The van der Waals surface area contributed by atoms with Crippen LogP contribution in [0.2, 0.25) is 0 Å². The number of hydrogen-bond donors (Lipinski definition) is 0. The molecule has 7 heterocycles. The fourth-order valence-corrected chi connectivity index (χ4v) is 11.6. The molecule has 0 unspecified atom stereocenters. The van der Waals surface area contributed by atoms with Gasteiger partial charge in [-0.25, -0.2) is 9.97 Å². The van der Waals surface area contributed by atoms with Crippen molar-refractivity contribution in [1.82, 2.24) is 23.5 Å². The van der Waals surface area contributed by atoms with Crippen LogP contribution in [0.1, 0.15) is 0 Å². The van der Waals surface area contributed by atoms with Gasteiger partial charge in [-0.15, -0.1) is 11.3 Å². The molecule has 0 radical (unpaired) electrons. The first-order chi connectivity index (χ1) is 29.3. The van der Waals surface area contributed by atoms with E-state index in [1.54, 1.807) is 0 Å². The molecular weight excluding hydrogens is 743 g/mol. The van der Waals surface area contributed by atoms with Gasteiger partial charge < -0.3 is 13.4 Å². The average molecular weight is 770 g/mol. The number of fused-ring (bicyclic) bond motifs is 10. The van der Waals surface area contributed by atoms with Gasteiger partial charge in [0.05, 0.1) is 38.6 Å². The quantitative estimate of drug-likeness (QED) is 0.180. The first-order valence-electron chi connectivity index (χ1n) is 19.9. The molecule has 0 saturated heterocycles. The molecule has 0 bridgehead atoms. The Morgan fingerprint density at radius 3 is 1.92 bits per heavy atom. The number of furan rings is 1. The summed E-state index contributed by atoms with van der Waals surface area (Å²) < 4.78 is 16.4. The van der Waals surface area contributed by atoms with Crippen LogP contribution >= 0.6 is 11.3 Å². The van der Waals surface area contributed by atoms with E-state index in [1.807, 2.05) is 23.5 Å². The lowest BCUT2D eigenvalue weighted by Crippen LogP contribution is -2.03. The minimum absolute atomic E-state index is 0.612. The molecule has 0 fully saturated rings. The Morgan fingerprint density at radius 2 is 1.08 bits per heavy atom. The Hall–Kier alpha value is -7.74. The van der Waals surface area contributed by atoms with Crippen molar-refractivity contribution in [1.29, 1.82) is 0 Å². The summed E-state index contributed by atoms with van der Waals surface area (Å²) >= 11 is 1.87. The summed E-state index contributed by atoms with van der Waals surface area (Å²) in [6.45, 7) is 0. The van der Waals surface area contributed by atoms with Crippen LogP contribution in [0.3, 0.4) is 0 Å². The summed E-state index contributed by atoms with van der Waals surface area (Å²) in [5.41, 5.74) is 13.2. The fraction of sp³-hybridized carbons (Fsp3) is 0. The highest BCUT2D eigenvalue weighted by Crippen LogP contribution is 2.50. The van der Waals surface area contributed by atoms with Gasteiger partial charge in [0.1, 0.15) is 16.8 Å². The number of para-hydroxylation sites is 4. The van der Waals surface area contributed by atoms with E-state index in [0.29, 0.717) is 11.5 Å². The molecule has 0 spiro atoms. The largest absolute Gasteiger partial charge is 0.452 e. The molecule has 0 N–H and O–H groups in total. The van der Waals surface area contributed by atoms with Crippen LogP contribution in [0, 0.1) is 0 Å². The third-order valence-electron chi connectivity index (χ3n) is 12.8. The van der Waals surface area contributed by atoms with Crippen molar-refractivity contribution in [2.24, 2.45) is 0 Å². The zero-order valence-corrected chi connectivity index (χ0v) is 32.0. The lowest BCUT2D eigenvalue weighted by Gasteiger charge is -2.12. The molecule has 0 amide bonds. The van der Waals surface area contributed by atoms with Crippen LogP contribution in [0.25, 0.3) is 136 Å². The monoisotopic (exact) mass is 769 g/mol. The summed E-state index contributed by atoms with van der Waals surface area (Å²) in [4.78, 5) is 11.0. The number of hydrogen-bond acceptors (Lipinski definition) is 4. The number of nitrogens with zero attached hydrogens (tertiary/aromatic N) is 5. The van der Waals surface area contributed by atoms with Crippen molar-refractivity contribution in [3.05, 3.63) is 164 Å². The highest BCUT2D eigenvalue weighted by Gasteiger charge is 2.27. The zero-order chi connectivity index (χ0) is 38.1. The third-order valence-corrected chi connectivity index (χ3v) is 13.9. The molecule has 6 nitrogen and oxygen atoms in total. The van der Waals surface area contributed by atoms with Crippen molar-refractivity contribution < 1.29 is 4.42 Å². The molecule has 8 aromatic carbocycles. The van der Waals surface area contributed by atoms with E-state index in [9.17, 15) is 0 Å². The Morgan fingerprint density at radius 1 is 0.441 bits per heavy atom. The first-order valence-corrected chi connectivity index (χ1v) is 20.7. The van der Waals surface area contributed by atoms with Gasteiger partial charge in [-0.1, -0.05) is 91.0 Å². The molecule has 272 valence electrons. The van der Waals surface area contributed by atoms with E-state index in [2.05, 4.69) is 165 Å². The number of benzene rings is 8. The van der Waals surface area contributed by atoms with Gasteiger partial charge in [0, 0.05) is 69.1 Å². The summed E-state index contributed by atoms with van der Waals surface area (Å²) in [6.07, 6.45) is 0. The second-order valence-corrected chi connectivity index (χ2v) is 16.8. The van der Waals surface area contributed by atoms with Crippen molar-refractivity contribution in [3.8, 4) is 22.9 Å². The Bertz CT molecular complexity index is 4220. The maximum absolute atomic E-state index is 6.70. The molecule has 0 saturated carbocycles. The second-order valence-electron chi connectivity index (χ2n) is 15.7. The molecule has 15 aromatic rings. The molecule has 15 rings (SSSR count). The topological polar surface area (TPSA) is 53.2 Å². The normalized spacial score (nSPS) is 12.7. The van der Waals surface area contributed by atoms with E-state index in [1.165, 1.54) is 69.0 Å². The fourth-order valence-electron chi connectivity index (χ4n) is 10.4. The van der Waals surface area contributed by atoms with Crippen molar-refractivity contribution in [3.63, 3.8) is 0 Å². The van der Waals surface area contributed by atoms with E-state index < -0.39 is 0 Å². The van der Waals surface area contributed by atoms with Crippen LogP contribution in [0.5, 0.6) is 0 Å². The van der Waals surface area contributed by atoms with E-state index in [0.717, 1.165) is 55.5 Å². The molecule has 0 aliphatic rings. The van der Waals surface area contributed by atoms with Crippen molar-refractivity contribution >= 4 is 125 Å². The Balaban J connectivity index is 1.08. The zero-order valence-electron chi connectivity index (χ0n) is 31.1. The molecular formula is C52H27N5OS. The van der Waals surface area contributed by atoms with E-state index in [4.69, 9.17) is 14.4 Å². The molecule has 7 heteroatoms. The molecule has 0 atom stereocenters. The molecule has 0 aliphatic carbocycles. The number of thiophene rings is 1. The van der Waals surface area contributed by atoms with Crippen molar-refractivity contribution in [2.75, 3.05) is 0 Å². The summed E-state index contributed by atoms with van der Waals surface area (Å²) in [6, 6.07) is 58.9. The van der Waals surface area contributed by atoms with Crippen LogP contribution in [0.4, 0.5) is 0 Å². The molecule has 59 heavy (non-hydrogen) atoms. The Kier molecular flexibility index (Phi) is 5.46. The van der Waals surface area contributed by atoms with Crippen LogP contribution < -0.4 is 0 Å². The van der Waals surface area contributed by atoms with Crippen LogP contribution in [-0.2, 0) is 0 Å². The highest BCUT2D eigenvalue weighted by molar-refractivity contribution is 7.26. The van der Waals surface area contributed by atoms with Gasteiger partial charge in [0.25, 0.3) is 0 Å². The minimum atomic E-state index is 0.612. The smallest absolute Gasteiger partial charge is 0.236 e. The van der Waals surface area contributed by atoms with Gasteiger partial charge in [-0.3, -0.25) is 4.57 Å². The van der Waals surface area contributed by atoms with Gasteiger partial charge in [0.2, 0.25) is 5.95 Å². The summed E-state index contributed by atoms with van der Waals surface area (Å²) in [7, 11) is 0. The molecule has 0 aliphatic heterocycles. The first kappa shape index (κ1) is 30.4. The number of rotatable bonds is 3. The molecule has 7 aromatic heterocycles. The number of aromatic nitrogens is 5. The maximum Gasteiger partial charge on any atom is 0.236 e. The standard InChI is InChI=1S/C52H27N5OS/c1-5-17-35-30(13-1)31-14-2-6-18-36(31)55(35)29-12-9-11-28(27-29)48-51-49(34-16-4-8-22-41(34)58-51)54-52(53-48)57-39-21-10-20-38-44(39)45-40(57)24-26-42-46(45)47-43(59-42)25-23-33-32-15-3-7-19-37(32)56(38)50(33)47/h1-27H. The third kappa shape index (κ3) is 3.68. The van der Waals surface area contributed by atoms with Gasteiger partial charge in [-0.05, 0) is 72.8 Å². The Labute approximate surface area is 337 Å². The summed E-state index contributed by atoms with van der Waals surface area (Å²) in [5.74, 6) is 0.612. The van der Waals surface area contributed by atoms with Crippen molar-refractivity contribution in [2.45, 2.75) is 0 Å². The van der Waals surface area contributed by atoms with Crippen LogP contribution in [-0.4, -0.2) is 23.5 Å². The van der Waals surface area contributed by atoms with E-state index in [-0.39, 0.29) is 0 Å².